The number of ether oxygens (including phenoxy) is 1. The van der Waals surface area contributed by atoms with Crippen LogP contribution in [-0.4, -0.2) is 16.7 Å². The summed E-state index contributed by atoms with van der Waals surface area (Å²) in [6.45, 7) is 0.547. The number of aromatic amines is 1. The molecular formula is C13H13NO2. The minimum absolute atomic E-state index is 0.0343. The molecule has 1 aliphatic heterocycles. The Kier molecular flexibility index (Phi) is 2.18. The van der Waals surface area contributed by atoms with E-state index in [0.717, 1.165) is 16.9 Å². The second kappa shape index (κ2) is 3.68. The van der Waals surface area contributed by atoms with Crippen LogP contribution < -0.4 is 4.74 Å². The smallest absolute Gasteiger partial charge is 0.123 e. The van der Waals surface area contributed by atoms with Crippen LogP contribution in [-0.2, 0) is 0 Å². The lowest BCUT2D eigenvalue weighted by Gasteiger charge is -2.15. The van der Waals surface area contributed by atoms with Crippen molar-refractivity contribution in [1.82, 2.24) is 4.98 Å². The van der Waals surface area contributed by atoms with Crippen molar-refractivity contribution in [1.29, 1.82) is 0 Å². The molecule has 2 aromatic rings. The highest BCUT2D eigenvalue weighted by molar-refractivity contribution is 5.41. The number of aliphatic hydroxyl groups is 1. The summed E-state index contributed by atoms with van der Waals surface area (Å²) < 4.78 is 5.56. The molecule has 16 heavy (non-hydrogen) atoms. The van der Waals surface area contributed by atoms with Crippen molar-refractivity contribution < 1.29 is 9.84 Å². The predicted octanol–water partition coefficient (Wildman–Crippen LogP) is 2.22. The number of aliphatic hydroxyl groups excluding tert-OH is 1. The maximum Gasteiger partial charge on any atom is 0.123 e. The monoisotopic (exact) mass is 215 g/mol. The quantitative estimate of drug-likeness (QED) is 0.806. The van der Waals surface area contributed by atoms with Crippen LogP contribution in [0, 0.1) is 0 Å². The number of benzene rings is 1. The normalized spacial score (nSPS) is 20.2. The molecule has 0 saturated carbocycles. The minimum Gasteiger partial charge on any atom is -0.493 e. The van der Waals surface area contributed by atoms with E-state index in [-0.39, 0.29) is 5.92 Å². The fraction of sp³-hybridized carbons (Fsp3) is 0.231. The zero-order chi connectivity index (χ0) is 11.0. The van der Waals surface area contributed by atoms with Gasteiger partial charge in [-0.05, 0) is 17.7 Å². The summed E-state index contributed by atoms with van der Waals surface area (Å²) in [5.74, 6) is 0.925. The highest BCUT2D eigenvalue weighted by Gasteiger charge is 2.30. The molecule has 0 fully saturated rings. The Morgan fingerprint density at radius 1 is 1.31 bits per heavy atom. The average Bonchev–Trinajstić information content (AvgIpc) is 2.98. The van der Waals surface area contributed by atoms with Crippen molar-refractivity contribution >= 4 is 0 Å². The third-order valence-electron chi connectivity index (χ3n) is 3.08. The molecule has 0 aliphatic carbocycles. The van der Waals surface area contributed by atoms with Gasteiger partial charge in [-0.1, -0.05) is 18.2 Å². The average molecular weight is 215 g/mol. The third kappa shape index (κ3) is 1.41. The van der Waals surface area contributed by atoms with Gasteiger partial charge in [0.05, 0.1) is 18.6 Å². The Morgan fingerprint density at radius 2 is 2.19 bits per heavy atom. The first-order valence-corrected chi connectivity index (χ1v) is 5.39. The van der Waals surface area contributed by atoms with E-state index in [2.05, 4.69) is 4.98 Å². The second-order valence-electron chi connectivity index (χ2n) is 4.04. The first kappa shape index (κ1) is 9.48. The van der Waals surface area contributed by atoms with Crippen LogP contribution in [0.15, 0.2) is 42.7 Å². The topological polar surface area (TPSA) is 45.2 Å². The lowest BCUT2D eigenvalue weighted by molar-refractivity contribution is 0.130. The van der Waals surface area contributed by atoms with Crippen molar-refractivity contribution in [2.24, 2.45) is 0 Å². The summed E-state index contributed by atoms with van der Waals surface area (Å²) in [6, 6.07) is 9.78. The van der Waals surface area contributed by atoms with E-state index < -0.39 is 6.10 Å². The maximum atomic E-state index is 10.3. The molecule has 0 amide bonds. The SMILES string of the molecule is OC(c1cc[nH]c1)C1COc2ccccc21. The van der Waals surface area contributed by atoms with Crippen molar-refractivity contribution in [2.75, 3.05) is 6.61 Å². The molecule has 2 atom stereocenters. The van der Waals surface area contributed by atoms with Crippen LogP contribution in [0.25, 0.3) is 0 Å². The molecule has 3 heteroatoms. The van der Waals surface area contributed by atoms with Gasteiger partial charge in [0, 0.05) is 18.0 Å². The summed E-state index contributed by atoms with van der Waals surface area (Å²) in [5.41, 5.74) is 2.00. The van der Waals surface area contributed by atoms with E-state index >= 15 is 0 Å². The van der Waals surface area contributed by atoms with Gasteiger partial charge in [0.2, 0.25) is 0 Å². The van der Waals surface area contributed by atoms with Gasteiger partial charge in [0.15, 0.2) is 0 Å². The Morgan fingerprint density at radius 3 is 3.00 bits per heavy atom. The Balaban J connectivity index is 1.93. The lowest BCUT2D eigenvalue weighted by atomic mass is 9.92. The van der Waals surface area contributed by atoms with E-state index in [1.807, 2.05) is 42.7 Å². The van der Waals surface area contributed by atoms with Gasteiger partial charge in [-0.15, -0.1) is 0 Å². The van der Waals surface area contributed by atoms with Crippen LogP contribution in [0.5, 0.6) is 5.75 Å². The van der Waals surface area contributed by atoms with Gasteiger partial charge in [-0.3, -0.25) is 0 Å². The Bertz CT molecular complexity index is 478. The molecule has 0 radical (unpaired) electrons. The van der Waals surface area contributed by atoms with E-state index in [9.17, 15) is 5.11 Å². The number of nitrogens with one attached hydrogen (secondary N) is 1. The number of para-hydroxylation sites is 1. The molecule has 2 unspecified atom stereocenters. The largest absolute Gasteiger partial charge is 0.493 e. The number of hydrogen-bond acceptors (Lipinski definition) is 2. The molecule has 0 spiro atoms. The van der Waals surface area contributed by atoms with Crippen LogP contribution in [0.4, 0.5) is 0 Å². The molecule has 3 rings (SSSR count). The summed E-state index contributed by atoms with van der Waals surface area (Å²) in [5, 5.41) is 10.3. The molecule has 2 N–H and O–H groups in total. The fourth-order valence-corrected chi connectivity index (χ4v) is 2.20. The molecule has 3 nitrogen and oxygen atoms in total. The van der Waals surface area contributed by atoms with Crippen LogP contribution in [0.1, 0.15) is 23.1 Å². The molecule has 82 valence electrons. The Hall–Kier alpha value is -1.74. The highest BCUT2D eigenvalue weighted by atomic mass is 16.5. The predicted molar refractivity (Wildman–Crippen MR) is 60.4 cm³/mol. The van der Waals surface area contributed by atoms with Gasteiger partial charge in [0.1, 0.15) is 5.75 Å². The number of rotatable bonds is 2. The molecule has 0 saturated heterocycles. The van der Waals surface area contributed by atoms with E-state index in [0.29, 0.717) is 6.61 Å². The maximum absolute atomic E-state index is 10.3. The zero-order valence-corrected chi connectivity index (χ0v) is 8.76. The number of hydrogen-bond donors (Lipinski definition) is 2. The van der Waals surface area contributed by atoms with Crippen molar-refractivity contribution in [2.45, 2.75) is 12.0 Å². The van der Waals surface area contributed by atoms with Gasteiger partial charge in [-0.2, -0.15) is 0 Å². The van der Waals surface area contributed by atoms with Crippen LogP contribution in [0.3, 0.4) is 0 Å². The lowest BCUT2D eigenvalue weighted by Crippen LogP contribution is -2.11. The summed E-state index contributed by atoms with van der Waals surface area (Å²) in [6.07, 6.45) is 3.14. The van der Waals surface area contributed by atoms with E-state index in [1.54, 1.807) is 0 Å². The van der Waals surface area contributed by atoms with Crippen LogP contribution >= 0.6 is 0 Å². The third-order valence-corrected chi connectivity index (χ3v) is 3.08. The number of H-pyrrole nitrogens is 1. The molecule has 0 bridgehead atoms. The number of aromatic nitrogens is 1. The van der Waals surface area contributed by atoms with E-state index in [1.165, 1.54) is 0 Å². The van der Waals surface area contributed by atoms with E-state index in [4.69, 9.17) is 4.74 Å². The van der Waals surface area contributed by atoms with Crippen molar-refractivity contribution in [3.63, 3.8) is 0 Å². The number of fused-ring (bicyclic) bond motifs is 1. The van der Waals surface area contributed by atoms with Gasteiger partial charge in [0.25, 0.3) is 0 Å². The fourth-order valence-electron chi connectivity index (χ4n) is 2.20. The molecule has 2 heterocycles. The van der Waals surface area contributed by atoms with Gasteiger partial charge in [-0.25, -0.2) is 0 Å². The molecular weight excluding hydrogens is 202 g/mol. The van der Waals surface area contributed by atoms with Crippen LogP contribution in [0.2, 0.25) is 0 Å². The second-order valence-corrected chi connectivity index (χ2v) is 4.04. The van der Waals surface area contributed by atoms with Crippen molar-refractivity contribution in [3.05, 3.63) is 53.9 Å². The summed E-state index contributed by atoms with van der Waals surface area (Å²) >= 11 is 0. The summed E-state index contributed by atoms with van der Waals surface area (Å²) in [4.78, 5) is 2.96. The van der Waals surface area contributed by atoms with Gasteiger partial charge >= 0.3 is 0 Å². The zero-order valence-electron chi connectivity index (χ0n) is 8.76. The highest BCUT2D eigenvalue weighted by Crippen LogP contribution is 2.40. The molecule has 1 aromatic heterocycles. The van der Waals surface area contributed by atoms with Crippen molar-refractivity contribution in [3.8, 4) is 5.75 Å². The molecule has 1 aromatic carbocycles. The first-order valence-electron chi connectivity index (χ1n) is 5.39. The molecule has 1 aliphatic rings. The first-order chi connectivity index (χ1) is 7.86. The minimum atomic E-state index is -0.505. The summed E-state index contributed by atoms with van der Waals surface area (Å²) in [7, 11) is 0. The standard InChI is InChI=1S/C13H13NO2/c15-13(9-5-6-14-7-9)11-8-16-12-4-2-1-3-10(11)12/h1-7,11,13-15H,8H2. The Labute approximate surface area is 93.7 Å². The van der Waals surface area contributed by atoms with Gasteiger partial charge < -0.3 is 14.8 Å².